The van der Waals surface area contributed by atoms with Gasteiger partial charge in [-0.05, 0) is 13.3 Å². The molecule has 0 aliphatic carbocycles. The largest absolute Gasteiger partial charge is 0.435 e. The van der Waals surface area contributed by atoms with Gasteiger partial charge < -0.3 is 13.7 Å². The Morgan fingerprint density at radius 2 is 2.22 bits per heavy atom. The van der Waals surface area contributed by atoms with Crippen LogP contribution >= 0.6 is 0 Å². The molecule has 6 heteroatoms. The molecule has 3 heterocycles. The van der Waals surface area contributed by atoms with Gasteiger partial charge in [0.05, 0.1) is 12.3 Å². The third kappa shape index (κ3) is 1.92. The first-order chi connectivity index (χ1) is 8.78. The van der Waals surface area contributed by atoms with Crippen LogP contribution in [-0.2, 0) is 11.2 Å². The first kappa shape index (κ1) is 11.4. The standard InChI is InChI=1S/C12H15N3O3/c1-3-9-13-7(2)10(17-9)12-14-11(15-18-12)8-4-5-16-6-8/h8H,3-6H2,1-2H3/t8-/m0/s1. The van der Waals surface area contributed by atoms with Crippen molar-refractivity contribution in [1.29, 1.82) is 0 Å². The van der Waals surface area contributed by atoms with Crippen molar-refractivity contribution >= 4 is 0 Å². The average Bonchev–Trinajstić information content (AvgIpc) is 3.08. The Balaban J connectivity index is 1.89. The number of oxazole rings is 1. The Kier molecular flexibility index (Phi) is 2.87. The zero-order valence-corrected chi connectivity index (χ0v) is 10.5. The van der Waals surface area contributed by atoms with Crippen LogP contribution in [0.4, 0.5) is 0 Å². The number of nitrogens with zero attached hydrogens (tertiary/aromatic N) is 3. The molecule has 1 saturated heterocycles. The summed E-state index contributed by atoms with van der Waals surface area (Å²) in [6.45, 7) is 5.29. The Morgan fingerprint density at radius 1 is 1.33 bits per heavy atom. The molecule has 0 radical (unpaired) electrons. The van der Waals surface area contributed by atoms with E-state index in [4.69, 9.17) is 13.7 Å². The number of rotatable bonds is 3. The van der Waals surface area contributed by atoms with Gasteiger partial charge in [-0.25, -0.2) is 4.98 Å². The van der Waals surface area contributed by atoms with Crippen LogP contribution in [0.2, 0.25) is 0 Å². The van der Waals surface area contributed by atoms with Crippen LogP contribution in [0.15, 0.2) is 8.94 Å². The summed E-state index contributed by atoms with van der Waals surface area (Å²) in [6, 6.07) is 0. The molecule has 0 aromatic carbocycles. The van der Waals surface area contributed by atoms with Crippen molar-refractivity contribution in [3.05, 3.63) is 17.4 Å². The lowest BCUT2D eigenvalue weighted by molar-refractivity contribution is 0.192. The summed E-state index contributed by atoms with van der Waals surface area (Å²) in [5.41, 5.74) is 0.782. The summed E-state index contributed by atoms with van der Waals surface area (Å²) < 4.78 is 16.2. The van der Waals surface area contributed by atoms with Crippen molar-refractivity contribution in [3.8, 4) is 11.7 Å². The molecule has 3 rings (SSSR count). The summed E-state index contributed by atoms with van der Waals surface area (Å²) in [6.07, 6.45) is 1.69. The highest BCUT2D eigenvalue weighted by molar-refractivity contribution is 5.47. The minimum atomic E-state index is 0.233. The summed E-state index contributed by atoms with van der Waals surface area (Å²) in [5.74, 6) is 2.59. The van der Waals surface area contributed by atoms with Crippen molar-refractivity contribution in [3.63, 3.8) is 0 Å². The molecule has 1 fully saturated rings. The number of aryl methyl sites for hydroxylation is 2. The molecule has 1 aliphatic heterocycles. The van der Waals surface area contributed by atoms with Crippen LogP contribution in [-0.4, -0.2) is 28.3 Å². The van der Waals surface area contributed by atoms with E-state index in [1.807, 2.05) is 13.8 Å². The smallest absolute Gasteiger partial charge is 0.295 e. The zero-order valence-electron chi connectivity index (χ0n) is 10.5. The van der Waals surface area contributed by atoms with E-state index in [2.05, 4.69) is 15.1 Å². The maximum atomic E-state index is 5.59. The second-order valence-electron chi connectivity index (χ2n) is 4.39. The predicted molar refractivity (Wildman–Crippen MR) is 62.1 cm³/mol. The van der Waals surface area contributed by atoms with E-state index in [0.29, 0.717) is 30.0 Å². The van der Waals surface area contributed by atoms with Gasteiger partial charge >= 0.3 is 0 Å². The Bertz CT molecular complexity index is 541. The van der Waals surface area contributed by atoms with Gasteiger partial charge in [0, 0.05) is 18.9 Å². The van der Waals surface area contributed by atoms with E-state index < -0.39 is 0 Å². The Labute approximate surface area is 104 Å². The average molecular weight is 249 g/mol. The second-order valence-corrected chi connectivity index (χ2v) is 4.39. The van der Waals surface area contributed by atoms with Crippen molar-refractivity contribution in [1.82, 2.24) is 15.1 Å². The molecule has 0 saturated carbocycles. The fraction of sp³-hybridized carbons (Fsp3) is 0.583. The first-order valence-corrected chi connectivity index (χ1v) is 6.16. The molecule has 0 N–H and O–H groups in total. The Morgan fingerprint density at radius 3 is 2.89 bits per heavy atom. The van der Waals surface area contributed by atoms with Crippen LogP contribution in [0, 0.1) is 6.92 Å². The minimum absolute atomic E-state index is 0.233. The molecular formula is C12H15N3O3. The van der Waals surface area contributed by atoms with Crippen LogP contribution in [0.5, 0.6) is 0 Å². The third-order valence-electron chi connectivity index (χ3n) is 3.07. The number of aromatic nitrogens is 3. The van der Waals surface area contributed by atoms with E-state index in [-0.39, 0.29) is 5.92 Å². The molecule has 0 amide bonds. The lowest BCUT2D eigenvalue weighted by Gasteiger charge is -1.97. The highest BCUT2D eigenvalue weighted by atomic mass is 16.5. The highest BCUT2D eigenvalue weighted by Crippen LogP contribution is 2.27. The van der Waals surface area contributed by atoms with Gasteiger partial charge in [-0.3, -0.25) is 0 Å². The molecule has 1 atom stereocenters. The maximum Gasteiger partial charge on any atom is 0.295 e. The summed E-state index contributed by atoms with van der Waals surface area (Å²) in [4.78, 5) is 8.67. The molecular weight excluding hydrogens is 234 g/mol. The van der Waals surface area contributed by atoms with Crippen molar-refractivity contribution in [2.75, 3.05) is 13.2 Å². The number of hydrogen-bond acceptors (Lipinski definition) is 6. The van der Waals surface area contributed by atoms with E-state index in [1.165, 1.54) is 0 Å². The van der Waals surface area contributed by atoms with Crippen molar-refractivity contribution in [2.24, 2.45) is 0 Å². The molecule has 2 aromatic heterocycles. The summed E-state index contributed by atoms with van der Waals surface area (Å²) in [5, 5.41) is 4.00. The lowest BCUT2D eigenvalue weighted by atomic mass is 10.1. The summed E-state index contributed by atoms with van der Waals surface area (Å²) >= 11 is 0. The summed E-state index contributed by atoms with van der Waals surface area (Å²) in [7, 11) is 0. The van der Waals surface area contributed by atoms with E-state index in [9.17, 15) is 0 Å². The van der Waals surface area contributed by atoms with E-state index >= 15 is 0 Å². The van der Waals surface area contributed by atoms with Crippen molar-refractivity contribution in [2.45, 2.75) is 32.6 Å². The highest BCUT2D eigenvalue weighted by Gasteiger charge is 2.25. The van der Waals surface area contributed by atoms with Gasteiger partial charge in [0.1, 0.15) is 0 Å². The van der Waals surface area contributed by atoms with Crippen LogP contribution in [0.1, 0.15) is 36.7 Å². The first-order valence-electron chi connectivity index (χ1n) is 6.16. The van der Waals surface area contributed by atoms with Gasteiger partial charge in [0.15, 0.2) is 11.7 Å². The topological polar surface area (TPSA) is 74.2 Å². The van der Waals surface area contributed by atoms with Gasteiger partial charge in [0.25, 0.3) is 5.89 Å². The van der Waals surface area contributed by atoms with Gasteiger partial charge in [-0.2, -0.15) is 4.98 Å². The predicted octanol–water partition coefficient (Wildman–Crippen LogP) is 2.10. The molecule has 2 aromatic rings. The Hall–Kier alpha value is -1.69. The fourth-order valence-corrected chi connectivity index (χ4v) is 2.03. The fourth-order valence-electron chi connectivity index (χ4n) is 2.03. The molecule has 96 valence electrons. The third-order valence-corrected chi connectivity index (χ3v) is 3.07. The van der Waals surface area contributed by atoms with Crippen molar-refractivity contribution < 1.29 is 13.7 Å². The SMILES string of the molecule is CCc1nc(C)c(-c2nc([C@H]3CCOC3)no2)o1. The quantitative estimate of drug-likeness (QED) is 0.829. The van der Waals surface area contributed by atoms with Crippen LogP contribution in [0.3, 0.4) is 0 Å². The molecule has 0 bridgehead atoms. The normalized spacial score (nSPS) is 19.6. The second kappa shape index (κ2) is 4.53. The molecule has 1 aliphatic rings. The van der Waals surface area contributed by atoms with Crippen LogP contribution in [0.25, 0.3) is 11.7 Å². The van der Waals surface area contributed by atoms with E-state index in [0.717, 1.165) is 25.1 Å². The molecule has 18 heavy (non-hydrogen) atoms. The lowest BCUT2D eigenvalue weighted by Crippen LogP contribution is -1.99. The number of ether oxygens (including phenoxy) is 1. The van der Waals surface area contributed by atoms with E-state index in [1.54, 1.807) is 0 Å². The molecule has 0 spiro atoms. The molecule has 0 unspecified atom stereocenters. The van der Waals surface area contributed by atoms with Crippen LogP contribution < -0.4 is 0 Å². The van der Waals surface area contributed by atoms with Gasteiger partial charge in [0.2, 0.25) is 5.76 Å². The van der Waals surface area contributed by atoms with Gasteiger partial charge in [-0.1, -0.05) is 12.1 Å². The zero-order chi connectivity index (χ0) is 12.5. The monoisotopic (exact) mass is 249 g/mol. The van der Waals surface area contributed by atoms with Gasteiger partial charge in [-0.15, -0.1) is 0 Å². The number of hydrogen-bond donors (Lipinski definition) is 0. The molecule has 6 nitrogen and oxygen atoms in total. The minimum Gasteiger partial charge on any atom is -0.435 e. The maximum absolute atomic E-state index is 5.59.